The lowest BCUT2D eigenvalue weighted by Crippen LogP contribution is -2.13. The van der Waals surface area contributed by atoms with Crippen LogP contribution in [0.5, 0.6) is 0 Å². The minimum Gasteiger partial charge on any atom is -0.293 e. The number of hydrogen-bond donors (Lipinski definition) is 0. The molecule has 28 heavy (non-hydrogen) atoms. The Morgan fingerprint density at radius 1 is 1.07 bits per heavy atom. The number of benzene rings is 2. The highest BCUT2D eigenvalue weighted by atomic mass is 32.2. The Labute approximate surface area is 170 Å². The quantitative estimate of drug-likeness (QED) is 0.225. The first-order valence-corrected chi connectivity index (χ1v) is 10.5. The van der Waals surface area contributed by atoms with E-state index in [0.29, 0.717) is 5.56 Å². The van der Waals surface area contributed by atoms with Gasteiger partial charge in [0.05, 0.1) is 15.5 Å². The molecule has 2 heterocycles. The first-order valence-electron chi connectivity index (χ1n) is 8.79. The average molecular weight is 409 g/mol. The van der Waals surface area contributed by atoms with Crippen molar-refractivity contribution in [2.75, 3.05) is 0 Å². The van der Waals surface area contributed by atoms with E-state index in [4.69, 9.17) is 0 Å². The molecule has 0 spiro atoms. The lowest BCUT2D eigenvalue weighted by molar-refractivity contribution is 0.0994. The van der Waals surface area contributed by atoms with Crippen LogP contribution in [-0.2, 0) is 0 Å². The maximum Gasteiger partial charge on any atom is 0.175 e. The van der Waals surface area contributed by atoms with Gasteiger partial charge in [0.15, 0.2) is 5.78 Å². The summed E-state index contributed by atoms with van der Waals surface area (Å²) in [5.74, 6) is -0.184. The summed E-state index contributed by atoms with van der Waals surface area (Å²) >= 11 is 3.00. The van der Waals surface area contributed by atoms with Crippen molar-refractivity contribution in [3.63, 3.8) is 0 Å². The molecule has 0 N–H and O–H groups in total. The molecule has 0 fully saturated rings. The van der Waals surface area contributed by atoms with Gasteiger partial charge in [-0.25, -0.2) is 14.4 Å². The van der Waals surface area contributed by atoms with Crippen molar-refractivity contribution in [2.45, 2.75) is 24.1 Å². The monoisotopic (exact) mass is 408 g/mol. The summed E-state index contributed by atoms with van der Waals surface area (Å²) in [6, 6.07) is 16.0. The molecule has 0 bridgehead atoms. The van der Waals surface area contributed by atoms with Gasteiger partial charge < -0.3 is 0 Å². The molecule has 0 aliphatic carbocycles. The van der Waals surface area contributed by atoms with Crippen LogP contribution in [0, 0.1) is 12.7 Å². The number of carbonyl (C=O) groups excluding carboxylic acids is 1. The number of halogens is 1. The van der Waals surface area contributed by atoms with Crippen molar-refractivity contribution in [2.24, 2.45) is 0 Å². The Hall–Kier alpha value is -2.57. The van der Waals surface area contributed by atoms with E-state index in [9.17, 15) is 9.18 Å². The molecule has 0 saturated carbocycles. The lowest BCUT2D eigenvalue weighted by Gasteiger charge is -2.10. The Kier molecular flexibility index (Phi) is 5.24. The molecule has 2 aromatic heterocycles. The number of hydrogen-bond acceptors (Lipinski definition) is 5. The van der Waals surface area contributed by atoms with Gasteiger partial charge in [-0.05, 0) is 37.6 Å². The standard InChI is InChI=1S/C22H17FN2OS2/c1-13-3-5-16(6-4-13)20(26)14(2)27-22-21-18(24-12-25-22)11-19(28-21)15-7-9-17(23)10-8-15/h3-12,14H,1-2H3/t14-/m1/s1. The van der Waals surface area contributed by atoms with Gasteiger partial charge in [0.1, 0.15) is 17.2 Å². The van der Waals surface area contributed by atoms with E-state index in [2.05, 4.69) is 9.97 Å². The van der Waals surface area contributed by atoms with Crippen LogP contribution in [0.25, 0.3) is 20.7 Å². The fourth-order valence-corrected chi connectivity index (χ4v) is 5.01. The summed E-state index contributed by atoms with van der Waals surface area (Å²) in [5.41, 5.74) is 3.59. The Balaban J connectivity index is 1.62. The van der Waals surface area contributed by atoms with Gasteiger partial charge >= 0.3 is 0 Å². The second-order valence-corrected chi connectivity index (χ2v) is 8.88. The zero-order valence-electron chi connectivity index (χ0n) is 15.3. The molecule has 6 heteroatoms. The summed E-state index contributed by atoms with van der Waals surface area (Å²) in [7, 11) is 0. The zero-order valence-corrected chi connectivity index (χ0v) is 17.0. The SMILES string of the molecule is Cc1ccc(C(=O)[C@@H](C)Sc2ncnc3cc(-c4ccc(F)cc4)sc23)cc1. The molecule has 3 nitrogen and oxygen atoms in total. The Morgan fingerprint density at radius 2 is 1.79 bits per heavy atom. The number of thioether (sulfide) groups is 1. The van der Waals surface area contributed by atoms with Crippen LogP contribution in [-0.4, -0.2) is 21.0 Å². The first kappa shape index (κ1) is 18.8. The maximum absolute atomic E-state index is 13.2. The molecule has 140 valence electrons. The summed E-state index contributed by atoms with van der Waals surface area (Å²) in [6.45, 7) is 3.90. The number of Topliss-reactive ketones (excluding diaryl/α,β-unsaturated/α-hetero) is 1. The molecular weight excluding hydrogens is 391 g/mol. The molecule has 2 aromatic carbocycles. The van der Waals surface area contributed by atoms with Crippen molar-refractivity contribution >= 4 is 39.1 Å². The number of carbonyl (C=O) groups is 1. The van der Waals surface area contributed by atoms with Gasteiger partial charge in [-0.3, -0.25) is 4.79 Å². The lowest BCUT2D eigenvalue weighted by atomic mass is 10.1. The highest BCUT2D eigenvalue weighted by Gasteiger charge is 2.19. The third kappa shape index (κ3) is 3.84. The number of rotatable bonds is 5. The van der Waals surface area contributed by atoms with Crippen LogP contribution in [0.1, 0.15) is 22.8 Å². The van der Waals surface area contributed by atoms with Crippen LogP contribution >= 0.6 is 23.1 Å². The number of fused-ring (bicyclic) bond motifs is 1. The van der Waals surface area contributed by atoms with E-state index in [1.54, 1.807) is 23.5 Å². The van der Waals surface area contributed by atoms with Crippen molar-refractivity contribution < 1.29 is 9.18 Å². The molecule has 4 rings (SSSR count). The highest BCUT2D eigenvalue weighted by Crippen LogP contribution is 2.38. The molecule has 0 aliphatic heterocycles. The van der Waals surface area contributed by atoms with Crippen molar-refractivity contribution in [1.29, 1.82) is 0 Å². The van der Waals surface area contributed by atoms with Gasteiger partial charge in [-0.2, -0.15) is 0 Å². The minimum absolute atomic E-state index is 0.0760. The van der Waals surface area contributed by atoms with Crippen molar-refractivity contribution in [3.05, 3.63) is 77.9 Å². The van der Waals surface area contributed by atoms with Crippen LogP contribution < -0.4 is 0 Å². The Morgan fingerprint density at radius 3 is 2.50 bits per heavy atom. The van der Waals surface area contributed by atoms with Crippen LogP contribution in [0.4, 0.5) is 4.39 Å². The molecule has 4 aromatic rings. The predicted octanol–water partition coefficient (Wildman–Crippen LogP) is 6.17. The molecule has 0 saturated heterocycles. The molecule has 0 amide bonds. The summed E-state index contributed by atoms with van der Waals surface area (Å²) < 4.78 is 14.1. The molecular formula is C22H17FN2OS2. The normalized spacial score (nSPS) is 12.2. The predicted molar refractivity (Wildman–Crippen MR) is 114 cm³/mol. The first-order chi connectivity index (χ1) is 13.5. The maximum atomic E-state index is 13.2. The number of aromatic nitrogens is 2. The highest BCUT2D eigenvalue weighted by molar-refractivity contribution is 8.00. The summed E-state index contributed by atoms with van der Waals surface area (Å²) in [6.07, 6.45) is 1.52. The summed E-state index contributed by atoms with van der Waals surface area (Å²) in [5, 5.41) is 0.522. The van der Waals surface area contributed by atoms with E-state index in [0.717, 1.165) is 31.2 Å². The van der Waals surface area contributed by atoms with E-state index < -0.39 is 0 Å². The summed E-state index contributed by atoms with van der Waals surface area (Å²) in [4.78, 5) is 22.5. The van der Waals surface area contributed by atoms with E-state index >= 15 is 0 Å². The van der Waals surface area contributed by atoms with Crippen molar-refractivity contribution in [1.82, 2.24) is 9.97 Å². The van der Waals surface area contributed by atoms with Crippen LogP contribution in [0.15, 0.2) is 66.0 Å². The van der Waals surface area contributed by atoms with Crippen molar-refractivity contribution in [3.8, 4) is 10.4 Å². The second kappa shape index (κ2) is 7.81. The third-order valence-electron chi connectivity index (χ3n) is 4.40. The van der Waals surface area contributed by atoms with Gasteiger partial charge in [0, 0.05) is 10.4 Å². The Bertz CT molecular complexity index is 1140. The fraction of sp³-hybridized carbons (Fsp3) is 0.136. The molecule has 0 unspecified atom stereocenters. The number of nitrogens with zero attached hydrogens (tertiary/aromatic N) is 2. The van der Waals surface area contributed by atoms with Crippen LogP contribution in [0.3, 0.4) is 0 Å². The largest absolute Gasteiger partial charge is 0.293 e. The molecule has 0 aliphatic rings. The zero-order chi connectivity index (χ0) is 19.7. The number of thiophene rings is 1. The average Bonchev–Trinajstić information content (AvgIpc) is 3.14. The topological polar surface area (TPSA) is 42.9 Å². The van der Waals surface area contributed by atoms with E-state index in [1.165, 1.54) is 30.2 Å². The molecule has 0 radical (unpaired) electrons. The number of ketones is 1. The number of aryl methyl sites for hydroxylation is 1. The van der Waals surface area contributed by atoms with E-state index in [1.807, 2.05) is 44.2 Å². The van der Waals surface area contributed by atoms with E-state index in [-0.39, 0.29) is 16.9 Å². The van der Waals surface area contributed by atoms with Gasteiger partial charge in [-0.15, -0.1) is 11.3 Å². The fourth-order valence-electron chi connectivity index (χ4n) is 2.85. The van der Waals surface area contributed by atoms with Gasteiger partial charge in [0.25, 0.3) is 0 Å². The van der Waals surface area contributed by atoms with Gasteiger partial charge in [0.2, 0.25) is 0 Å². The van der Waals surface area contributed by atoms with Gasteiger partial charge in [-0.1, -0.05) is 53.7 Å². The minimum atomic E-state index is -0.267. The van der Waals surface area contributed by atoms with Crippen LogP contribution in [0.2, 0.25) is 0 Å². The molecule has 1 atom stereocenters. The smallest absolute Gasteiger partial charge is 0.175 e. The second-order valence-electron chi connectivity index (χ2n) is 6.50. The third-order valence-corrected chi connectivity index (χ3v) is 6.81.